The van der Waals surface area contributed by atoms with E-state index in [0.717, 1.165) is 29.4 Å². The van der Waals surface area contributed by atoms with E-state index in [1.165, 1.54) is 19.3 Å². The maximum Gasteiger partial charge on any atom is 0.0762 e. The third kappa shape index (κ3) is 3.64. The zero-order chi connectivity index (χ0) is 14.0. The SMILES string of the molecule is C[C@@H](O)c1ccc(N2CCCC(C)(C)CC2)c(Cl)c1. The van der Waals surface area contributed by atoms with Crippen LogP contribution in [0.1, 0.15) is 51.7 Å². The fraction of sp³-hybridized carbons (Fsp3) is 0.625. The molecule has 0 aliphatic carbocycles. The van der Waals surface area contributed by atoms with Crippen molar-refractivity contribution in [3.63, 3.8) is 0 Å². The highest BCUT2D eigenvalue weighted by Crippen LogP contribution is 2.35. The highest BCUT2D eigenvalue weighted by molar-refractivity contribution is 6.33. The van der Waals surface area contributed by atoms with Crippen molar-refractivity contribution in [1.82, 2.24) is 0 Å². The van der Waals surface area contributed by atoms with Crippen molar-refractivity contribution in [1.29, 1.82) is 0 Å². The average molecular weight is 282 g/mol. The third-order valence-corrected chi connectivity index (χ3v) is 4.44. The molecule has 0 aromatic heterocycles. The molecule has 2 rings (SSSR count). The first-order valence-electron chi connectivity index (χ1n) is 7.11. The highest BCUT2D eigenvalue weighted by atomic mass is 35.5. The van der Waals surface area contributed by atoms with E-state index in [1.807, 2.05) is 18.2 Å². The first kappa shape index (κ1) is 14.7. The molecule has 0 saturated carbocycles. The molecule has 1 aliphatic heterocycles. The lowest BCUT2D eigenvalue weighted by atomic mass is 9.85. The molecule has 0 unspecified atom stereocenters. The zero-order valence-electron chi connectivity index (χ0n) is 12.1. The van der Waals surface area contributed by atoms with E-state index in [-0.39, 0.29) is 0 Å². The van der Waals surface area contributed by atoms with E-state index in [4.69, 9.17) is 11.6 Å². The number of hydrogen-bond acceptors (Lipinski definition) is 2. The van der Waals surface area contributed by atoms with Crippen LogP contribution in [0.15, 0.2) is 18.2 Å². The van der Waals surface area contributed by atoms with Gasteiger partial charge in [-0.3, -0.25) is 0 Å². The molecule has 3 heteroatoms. The first-order valence-corrected chi connectivity index (χ1v) is 7.49. The van der Waals surface area contributed by atoms with Crippen molar-refractivity contribution in [2.24, 2.45) is 5.41 Å². The molecule has 1 aromatic carbocycles. The van der Waals surface area contributed by atoms with Gasteiger partial charge in [-0.25, -0.2) is 0 Å². The Morgan fingerprint density at radius 1 is 1.26 bits per heavy atom. The Hall–Kier alpha value is -0.730. The molecule has 1 aromatic rings. The molecule has 0 radical (unpaired) electrons. The van der Waals surface area contributed by atoms with E-state index in [1.54, 1.807) is 6.92 Å². The second kappa shape index (κ2) is 5.72. The van der Waals surface area contributed by atoms with Gasteiger partial charge in [-0.1, -0.05) is 31.5 Å². The lowest BCUT2D eigenvalue weighted by molar-refractivity contribution is 0.199. The minimum absolute atomic E-state index is 0.431. The summed E-state index contributed by atoms with van der Waals surface area (Å²) in [6.45, 7) is 8.57. The van der Waals surface area contributed by atoms with Gasteiger partial charge in [0.15, 0.2) is 0 Å². The molecule has 0 amide bonds. The van der Waals surface area contributed by atoms with Gasteiger partial charge in [0.1, 0.15) is 0 Å². The predicted octanol–water partition coefficient (Wildman–Crippen LogP) is 4.41. The van der Waals surface area contributed by atoms with Gasteiger partial charge in [0, 0.05) is 13.1 Å². The van der Waals surface area contributed by atoms with Crippen molar-refractivity contribution >= 4 is 17.3 Å². The number of aliphatic hydroxyl groups is 1. The Bertz CT molecular complexity index is 442. The quantitative estimate of drug-likeness (QED) is 0.868. The Kier molecular flexibility index (Phi) is 4.42. The Balaban J connectivity index is 2.18. The molecule has 1 fully saturated rings. The van der Waals surface area contributed by atoms with Crippen LogP contribution >= 0.6 is 11.6 Å². The minimum Gasteiger partial charge on any atom is -0.389 e. The van der Waals surface area contributed by atoms with E-state index in [2.05, 4.69) is 18.7 Å². The molecule has 2 nitrogen and oxygen atoms in total. The van der Waals surface area contributed by atoms with Crippen molar-refractivity contribution in [3.05, 3.63) is 28.8 Å². The predicted molar refractivity (Wildman–Crippen MR) is 81.9 cm³/mol. The molecule has 1 N–H and O–H groups in total. The van der Waals surface area contributed by atoms with E-state index in [0.29, 0.717) is 5.41 Å². The lowest BCUT2D eigenvalue weighted by Gasteiger charge is -2.26. The molecule has 106 valence electrons. The molecule has 1 heterocycles. The van der Waals surface area contributed by atoms with Gasteiger partial charge in [0.25, 0.3) is 0 Å². The number of hydrogen-bond donors (Lipinski definition) is 1. The van der Waals surface area contributed by atoms with Crippen LogP contribution in [-0.4, -0.2) is 18.2 Å². The summed E-state index contributed by atoms with van der Waals surface area (Å²) < 4.78 is 0. The Morgan fingerprint density at radius 3 is 2.63 bits per heavy atom. The van der Waals surface area contributed by atoms with Crippen LogP contribution in [0, 0.1) is 5.41 Å². The fourth-order valence-corrected chi connectivity index (χ4v) is 3.01. The van der Waals surface area contributed by atoms with E-state index in [9.17, 15) is 5.11 Å². The molecule has 1 aliphatic rings. The molecule has 0 spiro atoms. The molecular weight excluding hydrogens is 258 g/mol. The van der Waals surface area contributed by atoms with Crippen LogP contribution in [0.3, 0.4) is 0 Å². The minimum atomic E-state index is -0.463. The topological polar surface area (TPSA) is 23.5 Å². The zero-order valence-corrected chi connectivity index (χ0v) is 12.9. The second-order valence-electron chi connectivity index (χ2n) is 6.39. The summed E-state index contributed by atoms with van der Waals surface area (Å²) in [7, 11) is 0. The van der Waals surface area contributed by atoms with Gasteiger partial charge in [-0.05, 0) is 49.3 Å². The number of halogens is 1. The normalized spacial score (nSPS) is 21.0. The van der Waals surface area contributed by atoms with Crippen LogP contribution in [-0.2, 0) is 0 Å². The maximum absolute atomic E-state index is 9.59. The fourth-order valence-electron chi connectivity index (χ4n) is 2.70. The van der Waals surface area contributed by atoms with Gasteiger partial charge in [-0.2, -0.15) is 0 Å². The standard InChI is InChI=1S/C16H24ClNO/c1-12(19)13-5-6-15(14(17)11-13)18-9-4-7-16(2,3)8-10-18/h5-6,11-12,19H,4,7-10H2,1-3H3/t12-/m1/s1. The Morgan fingerprint density at radius 2 is 2.00 bits per heavy atom. The van der Waals surface area contributed by atoms with E-state index < -0.39 is 6.10 Å². The van der Waals surface area contributed by atoms with Crippen LogP contribution in [0.25, 0.3) is 0 Å². The number of benzene rings is 1. The summed E-state index contributed by atoms with van der Waals surface area (Å²) in [6, 6.07) is 5.90. The number of anilines is 1. The Labute approximate surface area is 121 Å². The summed E-state index contributed by atoms with van der Waals surface area (Å²) in [5, 5.41) is 10.3. The van der Waals surface area contributed by atoms with Crippen molar-refractivity contribution < 1.29 is 5.11 Å². The summed E-state index contributed by atoms with van der Waals surface area (Å²) in [4.78, 5) is 2.38. The molecular formula is C16H24ClNO. The van der Waals surface area contributed by atoms with Crippen LogP contribution < -0.4 is 4.90 Å². The lowest BCUT2D eigenvalue weighted by Crippen LogP contribution is -2.25. The summed E-state index contributed by atoms with van der Waals surface area (Å²) in [6.07, 6.45) is 3.21. The van der Waals surface area contributed by atoms with Gasteiger partial charge in [0.2, 0.25) is 0 Å². The number of aliphatic hydroxyl groups excluding tert-OH is 1. The smallest absolute Gasteiger partial charge is 0.0762 e. The van der Waals surface area contributed by atoms with Gasteiger partial charge >= 0.3 is 0 Å². The van der Waals surface area contributed by atoms with E-state index >= 15 is 0 Å². The van der Waals surface area contributed by atoms with Gasteiger partial charge in [0.05, 0.1) is 16.8 Å². The highest BCUT2D eigenvalue weighted by Gasteiger charge is 2.24. The number of rotatable bonds is 2. The van der Waals surface area contributed by atoms with Crippen LogP contribution in [0.5, 0.6) is 0 Å². The van der Waals surface area contributed by atoms with Crippen molar-refractivity contribution in [3.8, 4) is 0 Å². The van der Waals surface area contributed by atoms with Crippen molar-refractivity contribution in [2.75, 3.05) is 18.0 Å². The molecule has 19 heavy (non-hydrogen) atoms. The average Bonchev–Trinajstić information content (AvgIpc) is 2.50. The van der Waals surface area contributed by atoms with Gasteiger partial charge in [-0.15, -0.1) is 0 Å². The van der Waals surface area contributed by atoms with Crippen molar-refractivity contribution in [2.45, 2.75) is 46.1 Å². The number of nitrogens with zero attached hydrogens (tertiary/aromatic N) is 1. The summed E-state index contributed by atoms with van der Waals surface area (Å²) in [5.41, 5.74) is 2.41. The maximum atomic E-state index is 9.59. The van der Waals surface area contributed by atoms with Gasteiger partial charge < -0.3 is 10.0 Å². The first-order chi connectivity index (χ1) is 8.89. The molecule has 1 atom stereocenters. The molecule has 0 bridgehead atoms. The van der Waals surface area contributed by atoms with Crippen LogP contribution in [0.2, 0.25) is 5.02 Å². The second-order valence-corrected chi connectivity index (χ2v) is 6.80. The van der Waals surface area contributed by atoms with Crippen LogP contribution in [0.4, 0.5) is 5.69 Å². The largest absolute Gasteiger partial charge is 0.389 e. The summed E-state index contributed by atoms with van der Waals surface area (Å²) >= 11 is 6.38. The monoisotopic (exact) mass is 281 g/mol. The third-order valence-electron chi connectivity index (χ3n) is 4.13. The summed E-state index contributed by atoms with van der Waals surface area (Å²) in [5.74, 6) is 0. The molecule has 1 saturated heterocycles.